The molecule has 3 rings (SSSR count). The first-order valence-electron chi connectivity index (χ1n) is 8.24. The Morgan fingerprint density at radius 2 is 1.96 bits per heavy atom. The molecule has 0 spiro atoms. The van der Waals surface area contributed by atoms with E-state index in [4.69, 9.17) is 0 Å². The molecule has 2 N–H and O–H groups in total. The minimum atomic E-state index is 0.203. The van der Waals surface area contributed by atoms with E-state index < -0.39 is 0 Å². The SMILES string of the molecule is CN(Cc1ccsc1)C(=O)C[NH+]1CCN(c2ccc(O)cc2)CC1. The van der Waals surface area contributed by atoms with Crippen LogP contribution in [0, 0.1) is 0 Å². The number of carbonyl (C=O) groups is 1. The number of nitrogens with one attached hydrogen (secondary N) is 1. The van der Waals surface area contributed by atoms with E-state index in [1.165, 1.54) is 10.5 Å². The lowest BCUT2D eigenvalue weighted by molar-refractivity contribution is -0.892. The number of phenolic OH excluding ortho intramolecular Hbond substituents is 1. The van der Waals surface area contributed by atoms with Gasteiger partial charge in [0.1, 0.15) is 5.75 Å². The lowest BCUT2D eigenvalue weighted by atomic mass is 10.2. The summed E-state index contributed by atoms with van der Waals surface area (Å²) >= 11 is 1.66. The minimum absolute atomic E-state index is 0.203. The fourth-order valence-electron chi connectivity index (χ4n) is 3.01. The quantitative estimate of drug-likeness (QED) is 0.843. The predicted molar refractivity (Wildman–Crippen MR) is 96.7 cm³/mol. The van der Waals surface area contributed by atoms with Crippen molar-refractivity contribution in [3.63, 3.8) is 0 Å². The molecule has 2 aromatic rings. The first-order chi connectivity index (χ1) is 11.6. The molecule has 0 unspecified atom stereocenters. The summed E-state index contributed by atoms with van der Waals surface area (Å²) in [6, 6.07) is 9.40. The average molecular weight is 346 g/mol. The Kier molecular flexibility index (Phi) is 5.37. The van der Waals surface area contributed by atoms with Crippen molar-refractivity contribution in [1.29, 1.82) is 0 Å². The number of rotatable bonds is 5. The second kappa shape index (κ2) is 7.68. The summed E-state index contributed by atoms with van der Waals surface area (Å²) in [6.07, 6.45) is 0. The van der Waals surface area contributed by atoms with Gasteiger partial charge in [0, 0.05) is 19.3 Å². The van der Waals surface area contributed by atoms with Gasteiger partial charge in [-0.25, -0.2) is 0 Å². The van der Waals surface area contributed by atoms with E-state index in [9.17, 15) is 9.90 Å². The van der Waals surface area contributed by atoms with Gasteiger partial charge in [-0.05, 0) is 46.7 Å². The summed E-state index contributed by atoms with van der Waals surface area (Å²) in [5, 5.41) is 13.5. The van der Waals surface area contributed by atoms with E-state index >= 15 is 0 Å². The fourth-order valence-corrected chi connectivity index (χ4v) is 3.67. The second-order valence-corrected chi connectivity index (χ2v) is 7.09. The minimum Gasteiger partial charge on any atom is -0.508 e. The number of likely N-dealkylation sites (N-methyl/N-ethyl adjacent to an activating group) is 1. The number of thiophene rings is 1. The molecule has 0 atom stereocenters. The van der Waals surface area contributed by atoms with Crippen LogP contribution in [0.2, 0.25) is 0 Å². The zero-order chi connectivity index (χ0) is 16.9. The highest BCUT2D eigenvalue weighted by atomic mass is 32.1. The van der Waals surface area contributed by atoms with Crippen molar-refractivity contribution in [3.8, 4) is 5.75 Å². The maximum atomic E-state index is 12.4. The summed E-state index contributed by atoms with van der Waals surface area (Å²) in [6.45, 7) is 5.03. The molecular formula is C18H24N3O2S+. The molecule has 2 heterocycles. The molecule has 0 bridgehead atoms. The third-order valence-corrected chi connectivity index (χ3v) is 5.24. The molecule has 1 saturated heterocycles. The van der Waals surface area contributed by atoms with E-state index in [0.717, 1.165) is 31.9 Å². The Bertz CT molecular complexity index is 649. The van der Waals surface area contributed by atoms with Crippen LogP contribution in [-0.2, 0) is 11.3 Å². The van der Waals surface area contributed by atoms with Gasteiger partial charge in [0.05, 0.1) is 26.2 Å². The van der Waals surface area contributed by atoms with E-state index in [1.807, 2.05) is 29.5 Å². The van der Waals surface area contributed by atoms with Gasteiger partial charge in [0.2, 0.25) is 0 Å². The molecule has 1 aromatic carbocycles. The average Bonchev–Trinajstić information content (AvgIpc) is 3.09. The number of aromatic hydroxyl groups is 1. The highest BCUT2D eigenvalue weighted by Gasteiger charge is 2.23. The molecular weight excluding hydrogens is 322 g/mol. The van der Waals surface area contributed by atoms with Crippen LogP contribution in [-0.4, -0.2) is 55.7 Å². The third kappa shape index (κ3) is 4.27. The molecule has 1 aromatic heterocycles. The van der Waals surface area contributed by atoms with Crippen molar-refractivity contribution in [2.75, 3.05) is 44.7 Å². The van der Waals surface area contributed by atoms with Gasteiger partial charge in [0.25, 0.3) is 5.91 Å². The van der Waals surface area contributed by atoms with Crippen LogP contribution in [0.5, 0.6) is 5.75 Å². The zero-order valence-electron chi connectivity index (χ0n) is 13.9. The smallest absolute Gasteiger partial charge is 0.277 e. The normalized spacial score (nSPS) is 15.5. The monoisotopic (exact) mass is 346 g/mol. The summed E-state index contributed by atoms with van der Waals surface area (Å²) in [7, 11) is 1.88. The van der Waals surface area contributed by atoms with Gasteiger partial charge in [0.15, 0.2) is 6.54 Å². The van der Waals surface area contributed by atoms with Gasteiger partial charge in [-0.15, -0.1) is 0 Å². The standard InChI is InChI=1S/C18H23N3O2S/c1-19(12-15-6-11-24-14-15)18(23)13-20-7-9-21(10-8-20)16-2-4-17(22)5-3-16/h2-6,11,14,22H,7-10,12-13H2,1H3/p+1. The third-order valence-electron chi connectivity index (χ3n) is 4.51. The molecule has 5 nitrogen and oxygen atoms in total. The molecule has 1 aliphatic rings. The maximum Gasteiger partial charge on any atom is 0.277 e. The summed E-state index contributed by atoms with van der Waals surface area (Å²) in [4.78, 5) is 17.9. The number of piperazine rings is 1. The van der Waals surface area contributed by atoms with Crippen molar-refractivity contribution in [3.05, 3.63) is 46.7 Å². The molecule has 0 radical (unpaired) electrons. The molecule has 128 valence electrons. The number of phenols is 1. The Hall–Kier alpha value is -2.05. The van der Waals surface area contributed by atoms with Gasteiger partial charge < -0.3 is 19.8 Å². The van der Waals surface area contributed by atoms with Crippen LogP contribution in [0.3, 0.4) is 0 Å². The van der Waals surface area contributed by atoms with Crippen LogP contribution >= 0.6 is 11.3 Å². The van der Waals surface area contributed by atoms with Crippen molar-refractivity contribution in [2.24, 2.45) is 0 Å². The van der Waals surface area contributed by atoms with E-state index in [-0.39, 0.29) is 5.91 Å². The maximum absolute atomic E-state index is 12.4. The number of nitrogens with zero attached hydrogens (tertiary/aromatic N) is 2. The number of hydrogen-bond donors (Lipinski definition) is 2. The van der Waals surface area contributed by atoms with Gasteiger partial charge in [-0.3, -0.25) is 4.79 Å². The zero-order valence-corrected chi connectivity index (χ0v) is 14.8. The lowest BCUT2D eigenvalue weighted by Crippen LogP contribution is -3.15. The number of quaternary nitrogens is 1. The molecule has 0 aliphatic carbocycles. The Morgan fingerprint density at radius 3 is 2.58 bits per heavy atom. The molecule has 24 heavy (non-hydrogen) atoms. The van der Waals surface area contributed by atoms with E-state index in [1.54, 1.807) is 23.5 Å². The summed E-state index contributed by atoms with van der Waals surface area (Å²) in [5.41, 5.74) is 2.33. The Labute approximate surface area is 146 Å². The lowest BCUT2D eigenvalue weighted by Gasteiger charge is -2.34. The van der Waals surface area contributed by atoms with E-state index in [0.29, 0.717) is 18.8 Å². The Balaban J connectivity index is 1.46. The van der Waals surface area contributed by atoms with Crippen LogP contribution in [0.25, 0.3) is 0 Å². The van der Waals surface area contributed by atoms with Gasteiger partial charge in [-0.2, -0.15) is 11.3 Å². The van der Waals surface area contributed by atoms with Crippen LogP contribution in [0.15, 0.2) is 41.1 Å². The largest absolute Gasteiger partial charge is 0.508 e. The number of carbonyl (C=O) groups excluding carboxylic acids is 1. The topological polar surface area (TPSA) is 48.2 Å². The van der Waals surface area contributed by atoms with Crippen LogP contribution in [0.1, 0.15) is 5.56 Å². The molecule has 1 aliphatic heterocycles. The number of hydrogen-bond acceptors (Lipinski definition) is 4. The van der Waals surface area contributed by atoms with Crippen molar-refractivity contribution >= 4 is 22.9 Å². The van der Waals surface area contributed by atoms with Crippen LogP contribution < -0.4 is 9.80 Å². The first kappa shape index (κ1) is 16.8. The number of benzene rings is 1. The summed E-state index contributed by atoms with van der Waals surface area (Å²) < 4.78 is 0. The molecule has 1 amide bonds. The van der Waals surface area contributed by atoms with Crippen molar-refractivity contribution in [1.82, 2.24) is 4.90 Å². The molecule has 6 heteroatoms. The van der Waals surface area contributed by atoms with E-state index in [2.05, 4.69) is 16.3 Å². The molecule has 1 fully saturated rings. The Morgan fingerprint density at radius 1 is 1.25 bits per heavy atom. The molecule has 0 saturated carbocycles. The fraction of sp³-hybridized carbons (Fsp3) is 0.389. The number of amides is 1. The van der Waals surface area contributed by atoms with Crippen molar-refractivity contribution < 1.29 is 14.8 Å². The second-order valence-electron chi connectivity index (χ2n) is 6.31. The van der Waals surface area contributed by atoms with Crippen molar-refractivity contribution in [2.45, 2.75) is 6.54 Å². The van der Waals surface area contributed by atoms with Gasteiger partial charge >= 0.3 is 0 Å². The summed E-state index contributed by atoms with van der Waals surface area (Å²) in [5.74, 6) is 0.497. The predicted octanol–water partition coefficient (Wildman–Crippen LogP) is 0.817. The highest BCUT2D eigenvalue weighted by Crippen LogP contribution is 2.18. The highest BCUT2D eigenvalue weighted by molar-refractivity contribution is 7.07. The van der Waals surface area contributed by atoms with Crippen LogP contribution in [0.4, 0.5) is 5.69 Å². The van der Waals surface area contributed by atoms with Gasteiger partial charge in [-0.1, -0.05) is 0 Å². The number of anilines is 1. The first-order valence-corrected chi connectivity index (χ1v) is 9.18.